The van der Waals surface area contributed by atoms with Crippen molar-refractivity contribution in [3.8, 4) is 0 Å². The number of hydrogen-bond donors (Lipinski definition) is 0. The van der Waals surface area contributed by atoms with Gasteiger partial charge in [-0.2, -0.15) is 5.10 Å². The van der Waals surface area contributed by atoms with Crippen molar-refractivity contribution in [2.75, 3.05) is 0 Å². The molecule has 0 spiro atoms. The summed E-state index contributed by atoms with van der Waals surface area (Å²) in [5, 5.41) is 5.14. The Bertz CT molecular complexity index is 632. The van der Waals surface area contributed by atoms with Crippen LogP contribution < -0.4 is 0 Å². The number of carbonyl (C=O) groups excluding carboxylic acids is 1. The highest BCUT2D eigenvalue weighted by Crippen LogP contribution is 2.22. The Kier molecular flexibility index (Phi) is 4.40. The van der Waals surface area contributed by atoms with Crippen LogP contribution in [0.4, 0.5) is 0 Å². The Morgan fingerprint density at radius 1 is 1.37 bits per heavy atom. The van der Waals surface area contributed by atoms with Gasteiger partial charge in [-0.3, -0.25) is 9.48 Å². The molecule has 0 aliphatic heterocycles. The summed E-state index contributed by atoms with van der Waals surface area (Å²) in [6, 6.07) is 6.84. The first-order valence-electron chi connectivity index (χ1n) is 5.81. The van der Waals surface area contributed by atoms with Crippen LogP contribution in [0.3, 0.4) is 0 Å². The summed E-state index contributed by atoms with van der Waals surface area (Å²) in [7, 11) is 0. The predicted octanol–water partition coefficient (Wildman–Crippen LogP) is 4.11. The first-order valence-corrected chi connectivity index (χ1v) is 6.56. The zero-order chi connectivity index (χ0) is 13.8. The summed E-state index contributed by atoms with van der Waals surface area (Å²) in [5.41, 5.74) is 1.31. The molecule has 1 heterocycles. The van der Waals surface area contributed by atoms with Gasteiger partial charge in [-0.05, 0) is 42.8 Å². The third-order valence-electron chi connectivity index (χ3n) is 2.65. The topological polar surface area (TPSA) is 34.9 Å². The van der Waals surface area contributed by atoms with E-state index in [0.29, 0.717) is 22.3 Å². The van der Waals surface area contributed by atoms with Crippen molar-refractivity contribution in [2.24, 2.45) is 0 Å². The lowest BCUT2D eigenvalue weighted by atomic mass is 10.1. The fourth-order valence-electron chi connectivity index (χ4n) is 1.68. The van der Waals surface area contributed by atoms with Gasteiger partial charge in [0.05, 0.1) is 0 Å². The highest BCUT2D eigenvalue weighted by atomic mass is 35.5. The van der Waals surface area contributed by atoms with Crippen molar-refractivity contribution >= 4 is 35.1 Å². The molecule has 0 saturated carbocycles. The van der Waals surface area contributed by atoms with Crippen molar-refractivity contribution in [2.45, 2.75) is 13.5 Å². The number of halogens is 2. The molecule has 19 heavy (non-hydrogen) atoms. The van der Waals surface area contributed by atoms with Gasteiger partial charge in [0.15, 0.2) is 0 Å². The molecule has 0 aliphatic rings. The quantitative estimate of drug-likeness (QED) is 0.628. The van der Waals surface area contributed by atoms with E-state index in [9.17, 15) is 4.79 Å². The molecular weight excluding hydrogens is 283 g/mol. The van der Waals surface area contributed by atoms with Gasteiger partial charge in [0.1, 0.15) is 5.69 Å². The summed E-state index contributed by atoms with van der Waals surface area (Å²) in [6.07, 6.45) is 4.77. The van der Waals surface area contributed by atoms with E-state index < -0.39 is 0 Å². The maximum atomic E-state index is 12.0. The minimum absolute atomic E-state index is 0.106. The minimum atomic E-state index is -0.106. The number of allylic oxidation sites excluding steroid dienone is 1. The van der Waals surface area contributed by atoms with E-state index >= 15 is 0 Å². The molecule has 0 aliphatic carbocycles. The molecule has 0 fully saturated rings. The first-order chi connectivity index (χ1) is 9.11. The van der Waals surface area contributed by atoms with Gasteiger partial charge in [-0.25, -0.2) is 0 Å². The minimum Gasteiger partial charge on any atom is -0.288 e. The van der Waals surface area contributed by atoms with Crippen molar-refractivity contribution in [1.29, 1.82) is 0 Å². The zero-order valence-electron chi connectivity index (χ0n) is 10.3. The van der Waals surface area contributed by atoms with Gasteiger partial charge in [0.25, 0.3) is 0 Å². The smallest absolute Gasteiger partial charge is 0.203 e. The van der Waals surface area contributed by atoms with E-state index in [1.807, 2.05) is 6.92 Å². The van der Waals surface area contributed by atoms with Crippen molar-refractivity contribution < 1.29 is 4.79 Å². The SMILES string of the molecule is CCn1nccc1C(=O)/C=C/c1ccc(Cl)cc1Cl. The average molecular weight is 295 g/mol. The van der Waals surface area contributed by atoms with Gasteiger partial charge >= 0.3 is 0 Å². The summed E-state index contributed by atoms with van der Waals surface area (Å²) < 4.78 is 1.65. The second-order valence-corrected chi connectivity index (χ2v) is 4.74. The molecule has 0 radical (unpaired) electrons. The third kappa shape index (κ3) is 3.25. The standard InChI is InChI=1S/C14H12Cl2N2O/c1-2-18-13(7-8-17-18)14(19)6-4-10-3-5-11(15)9-12(10)16/h3-9H,2H2,1H3/b6-4+. The van der Waals surface area contributed by atoms with Crippen LogP contribution in [-0.4, -0.2) is 15.6 Å². The third-order valence-corrected chi connectivity index (χ3v) is 3.21. The molecular formula is C14H12Cl2N2O. The van der Waals surface area contributed by atoms with E-state index in [0.717, 1.165) is 5.56 Å². The molecule has 2 aromatic rings. The van der Waals surface area contributed by atoms with Crippen LogP contribution in [-0.2, 0) is 6.54 Å². The Morgan fingerprint density at radius 3 is 2.84 bits per heavy atom. The molecule has 0 saturated heterocycles. The lowest BCUT2D eigenvalue weighted by Crippen LogP contribution is -2.07. The van der Waals surface area contributed by atoms with E-state index in [1.54, 1.807) is 41.2 Å². The zero-order valence-corrected chi connectivity index (χ0v) is 11.8. The molecule has 3 nitrogen and oxygen atoms in total. The second kappa shape index (κ2) is 6.04. The van der Waals surface area contributed by atoms with Crippen LogP contribution in [0, 0.1) is 0 Å². The normalized spacial score (nSPS) is 11.1. The van der Waals surface area contributed by atoms with E-state index in [-0.39, 0.29) is 5.78 Å². The lowest BCUT2D eigenvalue weighted by Gasteiger charge is -2.01. The number of rotatable bonds is 4. The summed E-state index contributed by atoms with van der Waals surface area (Å²) in [5.74, 6) is -0.106. The van der Waals surface area contributed by atoms with Crippen LogP contribution >= 0.6 is 23.2 Å². The number of nitrogens with zero attached hydrogens (tertiary/aromatic N) is 2. The predicted molar refractivity (Wildman–Crippen MR) is 77.7 cm³/mol. The number of aryl methyl sites for hydroxylation is 1. The Morgan fingerprint density at radius 2 is 2.16 bits per heavy atom. The van der Waals surface area contributed by atoms with Crippen LogP contribution in [0.1, 0.15) is 23.0 Å². The molecule has 0 amide bonds. The molecule has 98 valence electrons. The number of ketones is 1. The monoisotopic (exact) mass is 294 g/mol. The van der Waals surface area contributed by atoms with E-state index in [1.165, 1.54) is 6.08 Å². The Balaban J connectivity index is 2.21. The van der Waals surface area contributed by atoms with Gasteiger partial charge in [0, 0.05) is 22.8 Å². The Hall–Kier alpha value is -1.58. The van der Waals surface area contributed by atoms with Gasteiger partial charge < -0.3 is 0 Å². The molecule has 0 N–H and O–H groups in total. The van der Waals surface area contributed by atoms with E-state index in [4.69, 9.17) is 23.2 Å². The van der Waals surface area contributed by atoms with Gasteiger partial charge in [-0.15, -0.1) is 0 Å². The number of aromatic nitrogens is 2. The van der Waals surface area contributed by atoms with Crippen LogP contribution in [0.25, 0.3) is 6.08 Å². The van der Waals surface area contributed by atoms with Crippen molar-refractivity contribution in [3.05, 3.63) is 57.8 Å². The molecule has 0 atom stereocenters. The average Bonchev–Trinajstić information content (AvgIpc) is 2.85. The van der Waals surface area contributed by atoms with Crippen LogP contribution in [0.5, 0.6) is 0 Å². The highest BCUT2D eigenvalue weighted by molar-refractivity contribution is 6.35. The Labute approximate surface area is 121 Å². The molecule has 0 unspecified atom stereocenters. The summed E-state index contributed by atoms with van der Waals surface area (Å²) >= 11 is 11.8. The van der Waals surface area contributed by atoms with Gasteiger partial charge in [-0.1, -0.05) is 29.3 Å². The molecule has 0 bridgehead atoms. The lowest BCUT2D eigenvalue weighted by molar-refractivity contribution is 0.103. The van der Waals surface area contributed by atoms with Crippen LogP contribution in [0.15, 0.2) is 36.5 Å². The van der Waals surface area contributed by atoms with E-state index in [2.05, 4.69) is 5.10 Å². The fraction of sp³-hybridized carbons (Fsp3) is 0.143. The van der Waals surface area contributed by atoms with Gasteiger partial charge in [0.2, 0.25) is 5.78 Å². The molecule has 1 aromatic carbocycles. The summed E-state index contributed by atoms with van der Waals surface area (Å²) in [6.45, 7) is 2.59. The molecule has 1 aromatic heterocycles. The fourth-order valence-corrected chi connectivity index (χ4v) is 2.15. The number of benzene rings is 1. The maximum Gasteiger partial charge on any atom is 0.203 e. The highest BCUT2D eigenvalue weighted by Gasteiger charge is 2.07. The number of hydrogen-bond acceptors (Lipinski definition) is 2. The number of carbonyl (C=O) groups is 1. The van der Waals surface area contributed by atoms with Crippen molar-refractivity contribution in [1.82, 2.24) is 9.78 Å². The largest absolute Gasteiger partial charge is 0.288 e. The van der Waals surface area contributed by atoms with Crippen molar-refractivity contribution in [3.63, 3.8) is 0 Å². The van der Waals surface area contributed by atoms with Crippen LogP contribution in [0.2, 0.25) is 10.0 Å². The molecule has 2 rings (SSSR count). The first kappa shape index (κ1) is 13.8. The molecule has 5 heteroatoms. The summed E-state index contributed by atoms with van der Waals surface area (Å²) in [4.78, 5) is 12.0. The maximum absolute atomic E-state index is 12.0. The second-order valence-electron chi connectivity index (χ2n) is 3.90.